The third-order valence-electron chi connectivity index (χ3n) is 5.58. The van der Waals surface area contributed by atoms with Crippen LogP contribution in [0, 0.1) is 5.82 Å². The smallest absolute Gasteiger partial charge is 0.261 e. The first-order valence-corrected chi connectivity index (χ1v) is 11.5. The van der Waals surface area contributed by atoms with E-state index >= 15 is 0 Å². The summed E-state index contributed by atoms with van der Waals surface area (Å²) in [5.74, 6) is -0.222. The van der Waals surface area contributed by atoms with Crippen molar-refractivity contribution in [1.82, 2.24) is 10.2 Å². The Bertz CT molecular complexity index is 1060. The zero-order valence-electron chi connectivity index (χ0n) is 19.2. The summed E-state index contributed by atoms with van der Waals surface area (Å²) in [5, 5.41) is 4.87. The Morgan fingerprint density at radius 2 is 1.73 bits per heavy atom. The minimum Gasteiger partial charge on any atom is -0.483 e. The summed E-state index contributed by atoms with van der Waals surface area (Å²) >= 11 is 0. The zero-order valence-corrected chi connectivity index (χ0v) is 19.2. The predicted octanol–water partition coefficient (Wildman–Crippen LogP) is 5.08. The van der Waals surface area contributed by atoms with Crippen LogP contribution in [-0.4, -0.2) is 35.9 Å². The molecule has 0 saturated carbocycles. The second-order valence-corrected chi connectivity index (χ2v) is 7.98. The molecule has 3 aromatic carbocycles. The van der Waals surface area contributed by atoms with Crippen LogP contribution in [0.1, 0.15) is 38.7 Å². The Morgan fingerprint density at radius 1 is 1.00 bits per heavy atom. The standard InChI is InChI=1S/C27H31FN2O3/c1-3-5-17-29-27(32)24(4-2)30(18-20-13-15-22(28)16-14-20)26(31)19-33-25-12-8-10-21-9-6-7-11-23(21)25/h6-16,24H,3-5,17-19H2,1-2H3,(H,29,32)/t24-/m0/s1. The van der Waals surface area contributed by atoms with Crippen molar-refractivity contribution in [3.8, 4) is 5.75 Å². The number of fused-ring (bicyclic) bond motifs is 1. The fourth-order valence-corrected chi connectivity index (χ4v) is 3.76. The van der Waals surface area contributed by atoms with Gasteiger partial charge in [-0.2, -0.15) is 0 Å². The highest BCUT2D eigenvalue weighted by molar-refractivity contribution is 5.90. The van der Waals surface area contributed by atoms with Crippen LogP contribution in [0.25, 0.3) is 10.8 Å². The van der Waals surface area contributed by atoms with Gasteiger partial charge in [0.2, 0.25) is 5.91 Å². The molecule has 0 fully saturated rings. The van der Waals surface area contributed by atoms with Crippen molar-refractivity contribution in [1.29, 1.82) is 0 Å². The number of nitrogens with one attached hydrogen (secondary N) is 1. The Balaban J connectivity index is 1.79. The second kappa shape index (κ2) is 12.0. The summed E-state index contributed by atoms with van der Waals surface area (Å²) in [5.41, 5.74) is 0.745. The van der Waals surface area contributed by atoms with Crippen LogP contribution in [0.4, 0.5) is 4.39 Å². The third kappa shape index (κ3) is 6.54. The lowest BCUT2D eigenvalue weighted by Gasteiger charge is -2.30. The van der Waals surface area contributed by atoms with E-state index in [0.29, 0.717) is 18.7 Å². The van der Waals surface area contributed by atoms with Gasteiger partial charge in [0.05, 0.1) is 0 Å². The van der Waals surface area contributed by atoms with Crippen molar-refractivity contribution in [2.24, 2.45) is 0 Å². The molecule has 0 saturated heterocycles. The van der Waals surface area contributed by atoms with Crippen molar-refractivity contribution in [3.63, 3.8) is 0 Å². The molecule has 3 aromatic rings. The first-order chi connectivity index (χ1) is 16.0. The number of nitrogens with zero attached hydrogens (tertiary/aromatic N) is 1. The zero-order chi connectivity index (χ0) is 23.6. The molecule has 2 amide bonds. The average molecular weight is 451 g/mol. The monoisotopic (exact) mass is 450 g/mol. The third-order valence-corrected chi connectivity index (χ3v) is 5.58. The molecule has 0 heterocycles. The van der Waals surface area contributed by atoms with Crippen LogP contribution < -0.4 is 10.1 Å². The summed E-state index contributed by atoms with van der Waals surface area (Å²) in [6.45, 7) is 4.49. The maximum Gasteiger partial charge on any atom is 0.261 e. The molecule has 1 atom stereocenters. The molecule has 0 aliphatic rings. The molecule has 0 aromatic heterocycles. The van der Waals surface area contributed by atoms with Gasteiger partial charge in [-0.05, 0) is 42.0 Å². The van der Waals surface area contributed by atoms with E-state index < -0.39 is 6.04 Å². The molecule has 0 bridgehead atoms. The summed E-state index contributed by atoms with van der Waals surface area (Å²) in [7, 11) is 0. The topological polar surface area (TPSA) is 58.6 Å². The van der Waals surface area contributed by atoms with E-state index in [0.717, 1.165) is 29.2 Å². The maximum absolute atomic E-state index is 13.4. The van der Waals surface area contributed by atoms with Gasteiger partial charge in [-0.25, -0.2) is 4.39 Å². The van der Waals surface area contributed by atoms with Gasteiger partial charge < -0.3 is 15.0 Å². The van der Waals surface area contributed by atoms with Crippen molar-refractivity contribution in [2.75, 3.05) is 13.2 Å². The van der Waals surface area contributed by atoms with Crippen LogP contribution >= 0.6 is 0 Å². The van der Waals surface area contributed by atoms with Crippen LogP contribution in [0.3, 0.4) is 0 Å². The molecule has 3 rings (SSSR count). The van der Waals surface area contributed by atoms with Crippen LogP contribution in [0.2, 0.25) is 0 Å². The maximum atomic E-state index is 13.4. The number of unbranched alkanes of at least 4 members (excludes halogenated alkanes) is 1. The Labute approximate surface area is 194 Å². The molecule has 1 N–H and O–H groups in total. The largest absolute Gasteiger partial charge is 0.483 e. The van der Waals surface area contributed by atoms with Gasteiger partial charge in [0, 0.05) is 18.5 Å². The molecule has 0 aliphatic carbocycles. The van der Waals surface area contributed by atoms with E-state index in [9.17, 15) is 14.0 Å². The van der Waals surface area contributed by atoms with Crippen molar-refractivity contribution >= 4 is 22.6 Å². The van der Waals surface area contributed by atoms with Gasteiger partial charge in [-0.1, -0.05) is 68.8 Å². The quantitative estimate of drug-likeness (QED) is 0.415. The predicted molar refractivity (Wildman–Crippen MR) is 128 cm³/mol. The van der Waals surface area contributed by atoms with Gasteiger partial charge in [-0.3, -0.25) is 9.59 Å². The highest BCUT2D eigenvalue weighted by Crippen LogP contribution is 2.25. The molecule has 33 heavy (non-hydrogen) atoms. The lowest BCUT2D eigenvalue weighted by Crippen LogP contribution is -2.50. The molecule has 6 heteroatoms. The molecule has 5 nitrogen and oxygen atoms in total. The first kappa shape index (κ1) is 24.2. The normalized spacial score (nSPS) is 11.7. The van der Waals surface area contributed by atoms with E-state index in [1.807, 2.05) is 49.4 Å². The van der Waals surface area contributed by atoms with Gasteiger partial charge >= 0.3 is 0 Å². The SMILES string of the molecule is CCCCNC(=O)[C@H](CC)N(Cc1ccc(F)cc1)C(=O)COc1cccc2ccccc12. The molecule has 0 radical (unpaired) electrons. The molecular weight excluding hydrogens is 419 g/mol. The fraction of sp³-hybridized carbons (Fsp3) is 0.333. The van der Waals surface area contributed by atoms with E-state index in [1.165, 1.54) is 17.0 Å². The highest BCUT2D eigenvalue weighted by atomic mass is 19.1. The molecule has 174 valence electrons. The van der Waals surface area contributed by atoms with E-state index in [1.54, 1.807) is 12.1 Å². The van der Waals surface area contributed by atoms with Crippen molar-refractivity contribution < 1.29 is 18.7 Å². The number of carbonyl (C=O) groups excluding carboxylic acids is 2. The number of benzene rings is 3. The summed E-state index contributed by atoms with van der Waals surface area (Å²) in [6, 6.07) is 18.8. The number of amides is 2. The van der Waals surface area contributed by atoms with Gasteiger partial charge in [0.15, 0.2) is 6.61 Å². The number of halogens is 1. The Morgan fingerprint density at radius 3 is 2.45 bits per heavy atom. The number of hydrogen-bond donors (Lipinski definition) is 1. The lowest BCUT2D eigenvalue weighted by molar-refractivity contribution is -0.142. The van der Waals surface area contributed by atoms with Crippen LogP contribution in [0.5, 0.6) is 5.75 Å². The van der Waals surface area contributed by atoms with Gasteiger partial charge in [0.25, 0.3) is 5.91 Å². The van der Waals surface area contributed by atoms with Crippen molar-refractivity contribution in [2.45, 2.75) is 45.7 Å². The minimum absolute atomic E-state index is 0.188. The minimum atomic E-state index is -0.643. The lowest BCUT2D eigenvalue weighted by atomic mass is 10.1. The second-order valence-electron chi connectivity index (χ2n) is 7.98. The fourth-order valence-electron chi connectivity index (χ4n) is 3.76. The van der Waals surface area contributed by atoms with Gasteiger partial charge in [-0.15, -0.1) is 0 Å². The summed E-state index contributed by atoms with van der Waals surface area (Å²) in [4.78, 5) is 27.7. The average Bonchev–Trinajstić information content (AvgIpc) is 2.83. The number of ether oxygens (including phenoxy) is 1. The Kier molecular flexibility index (Phi) is 8.81. The number of carbonyl (C=O) groups is 2. The van der Waals surface area contributed by atoms with Crippen LogP contribution in [-0.2, 0) is 16.1 Å². The summed E-state index contributed by atoms with van der Waals surface area (Å²) in [6.07, 6.45) is 2.30. The van der Waals surface area contributed by atoms with E-state index in [-0.39, 0.29) is 30.8 Å². The molecule has 0 aliphatic heterocycles. The van der Waals surface area contributed by atoms with E-state index in [4.69, 9.17) is 4.74 Å². The molecule has 0 spiro atoms. The number of rotatable bonds is 11. The molecular formula is C27H31FN2O3. The first-order valence-electron chi connectivity index (χ1n) is 11.5. The Hall–Kier alpha value is -3.41. The number of hydrogen-bond acceptors (Lipinski definition) is 3. The van der Waals surface area contributed by atoms with Crippen molar-refractivity contribution in [3.05, 3.63) is 78.1 Å². The molecule has 0 unspecified atom stereocenters. The highest BCUT2D eigenvalue weighted by Gasteiger charge is 2.29. The van der Waals surface area contributed by atoms with Gasteiger partial charge in [0.1, 0.15) is 17.6 Å². The van der Waals surface area contributed by atoms with E-state index in [2.05, 4.69) is 12.2 Å². The summed E-state index contributed by atoms with van der Waals surface area (Å²) < 4.78 is 19.3. The van der Waals surface area contributed by atoms with Crippen LogP contribution in [0.15, 0.2) is 66.7 Å².